The van der Waals surface area contributed by atoms with Crippen molar-refractivity contribution in [2.45, 2.75) is 51.7 Å². The summed E-state index contributed by atoms with van der Waals surface area (Å²) in [6, 6.07) is 0.756. The number of rotatable bonds is 4. The number of piperidine rings is 1. The molecule has 19 heavy (non-hydrogen) atoms. The fraction of sp³-hybridized carbons (Fsp3) is 0.857. The van der Waals surface area contributed by atoms with E-state index in [0.29, 0.717) is 0 Å². The first kappa shape index (κ1) is 13.1. The SMILES string of the molecule is CCn1ncnc1CN1CCCC(C2CCCN2)C1. The fourth-order valence-electron chi connectivity index (χ4n) is 3.55. The Labute approximate surface area is 115 Å². The quantitative estimate of drug-likeness (QED) is 0.888. The van der Waals surface area contributed by atoms with Crippen LogP contribution >= 0.6 is 0 Å². The van der Waals surface area contributed by atoms with Gasteiger partial charge in [0.25, 0.3) is 0 Å². The lowest BCUT2D eigenvalue weighted by molar-refractivity contribution is 0.140. The molecule has 2 unspecified atom stereocenters. The Kier molecular flexibility index (Phi) is 4.13. The molecule has 2 aliphatic rings. The maximum Gasteiger partial charge on any atom is 0.140 e. The zero-order valence-corrected chi connectivity index (χ0v) is 11.9. The smallest absolute Gasteiger partial charge is 0.140 e. The second-order valence-corrected chi connectivity index (χ2v) is 5.83. The van der Waals surface area contributed by atoms with Crippen molar-refractivity contribution in [3.8, 4) is 0 Å². The Morgan fingerprint density at radius 2 is 2.32 bits per heavy atom. The molecule has 0 saturated carbocycles. The molecule has 1 aromatic heterocycles. The van der Waals surface area contributed by atoms with E-state index in [1.807, 2.05) is 4.68 Å². The molecule has 1 aromatic rings. The third-order valence-corrected chi connectivity index (χ3v) is 4.57. The molecule has 2 aliphatic heterocycles. The molecule has 2 saturated heterocycles. The first-order valence-electron chi connectivity index (χ1n) is 7.69. The van der Waals surface area contributed by atoms with E-state index in [9.17, 15) is 0 Å². The molecular formula is C14H25N5. The molecule has 2 fully saturated rings. The predicted octanol–water partition coefficient (Wildman–Crippen LogP) is 1.26. The molecule has 2 atom stereocenters. The molecule has 1 N–H and O–H groups in total. The monoisotopic (exact) mass is 263 g/mol. The standard InChI is InChI=1S/C14H25N5/c1-2-19-14(16-11-17-19)10-18-8-4-5-12(9-18)13-6-3-7-15-13/h11-13,15H,2-10H2,1H3. The Bertz CT molecular complexity index is 396. The van der Waals surface area contributed by atoms with Gasteiger partial charge in [0.2, 0.25) is 0 Å². The van der Waals surface area contributed by atoms with E-state index in [-0.39, 0.29) is 0 Å². The van der Waals surface area contributed by atoms with Gasteiger partial charge >= 0.3 is 0 Å². The highest BCUT2D eigenvalue weighted by Gasteiger charge is 2.29. The molecule has 5 heteroatoms. The summed E-state index contributed by atoms with van der Waals surface area (Å²) in [6.07, 6.45) is 7.10. The first-order chi connectivity index (χ1) is 9.36. The van der Waals surface area contributed by atoms with Gasteiger partial charge in [-0.15, -0.1) is 0 Å². The van der Waals surface area contributed by atoms with Crippen LogP contribution in [0.5, 0.6) is 0 Å². The highest BCUT2D eigenvalue weighted by Crippen LogP contribution is 2.25. The summed E-state index contributed by atoms with van der Waals surface area (Å²) in [5.41, 5.74) is 0. The summed E-state index contributed by atoms with van der Waals surface area (Å²) in [7, 11) is 0. The Hall–Kier alpha value is -0.940. The summed E-state index contributed by atoms with van der Waals surface area (Å²) in [5.74, 6) is 1.94. The number of hydrogen-bond acceptors (Lipinski definition) is 4. The van der Waals surface area contributed by atoms with Crippen molar-refractivity contribution in [2.75, 3.05) is 19.6 Å². The van der Waals surface area contributed by atoms with Crippen molar-refractivity contribution in [2.24, 2.45) is 5.92 Å². The molecule has 0 bridgehead atoms. The fourth-order valence-corrected chi connectivity index (χ4v) is 3.55. The second-order valence-electron chi connectivity index (χ2n) is 5.83. The van der Waals surface area contributed by atoms with Gasteiger partial charge in [-0.05, 0) is 51.6 Å². The highest BCUT2D eigenvalue weighted by molar-refractivity contribution is 4.90. The van der Waals surface area contributed by atoms with Crippen molar-refractivity contribution in [1.29, 1.82) is 0 Å². The number of nitrogens with zero attached hydrogens (tertiary/aromatic N) is 4. The van der Waals surface area contributed by atoms with Crippen LogP contribution in [0.4, 0.5) is 0 Å². The van der Waals surface area contributed by atoms with Crippen LogP contribution in [0.1, 0.15) is 38.4 Å². The van der Waals surface area contributed by atoms with Crippen molar-refractivity contribution >= 4 is 0 Å². The lowest BCUT2D eigenvalue weighted by Crippen LogP contribution is -2.43. The lowest BCUT2D eigenvalue weighted by Gasteiger charge is -2.35. The van der Waals surface area contributed by atoms with Gasteiger partial charge in [-0.3, -0.25) is 4.90 Å². The van der Waals surface area contributed by atoms with Crippen LogP contribution in [0.3, 0.4) is 0 Å². The van der Waals surface area contributed by atoms with Crippen molar-refractivity contribution in [1.82, 2.24) is 25.0 Å². The predicted molar refractivity (Wildman–Crippen MR) is 74.7 cm³/mol. The van der Waals surface area contributed by atoms with E-state index in [1.165, 1.54) is 45.3 Å². The van der Waals surface area contributed by atoms with Gasteiger partial charge in [-0.25, -0.2) is 9.67 Å². The van der Waals surface area contributed by atoms with Gasteiger partial charge in [0.15, 0.2) is 0 Å². The summed E-state index contributed by atoms with van der Waals surface area (Å²) in [5, 5.41) is 7.93. The molecule has 3 heterocycles. The zero-order valence-electron chi connectivity index (χ0n) is 11.9. The van der Waals surface area contributed by atoms with Crippen molar-refractivity contribution < 1.29 is 0 Å². The van der Waals surface area contributed by atoms with Crippen LogP contribution in [0, 0.1) is 5.92 Å². The minimum Gasteiger partial charge on any atom is -0.314 e. The van der Waals surface area contributed by atoms with E-state index in [0.717, 1.165) is 30.9 Å². The topological polar surface area (TPSA) is 46.0 Å². The van der Waals surface area contributed by atoms with Crippen LogP contribution in [-0.2, 0) is 13.1 Å². The molecule has 106 valence electrons. The molecule has 3 rings (SSSR count). The second kappa shape index (κ2) is 6.01. The summed E-state index contributed by atoms with van der Waals surface area (Å²) in [6.45, 7) is 7.63. The molecular weight excluding hydrogens is 238 g/mol. The van der Waals surface area contributed by atoms with E-state index in [2.05, 4.69) is 27.2 Å². The van der Waals surface area contributed by atoms with Gasteiger partial charge in [0.05, 0.1) is 6.54 Å². The molecule has 0 amide bonds. The zero-order chi connectivity index (χ0) is 13.1. The molecule has 5 nitrogen and oxygen atoms in total. The normalized spacial score (nSPS) is 28.9. The van der Waals surface area contributed by atoms with Gasteiger partial charge in [-0.1, -0.05) is 0 Å². The average molecular weight is 263 g/mol. The molecule has 0 aliphatic carbocycles. The Morgan fingerprint density at radius 1 is 1.37 bits per heavy atom. The summed E-state index contributed by atoms with van der Waals surface area (Å²) >= 11 is 0. The summed E-state index contributed by atoms with van der Waals surface area (Å²) in [4.78, 5) is 6.96. The van der Waals surface area contributed by atoms with Gasteiger partial charge in [-0.2, -0.15) is 5.10 Å². The maximum absolute atomic E-state index is 4.40. The largest absolute Gasteiger partial charge is 0.314 e. The first-order valence-corrected chi connectivity index (χ1v) is 7.69. The molecule has 0 radical (unpaired) electrons. The van der Waals surface area contributed by atoms with Crippen molar-refractivity contribution in [3.05, 3.63) is 12.2 Å². The maximum atomic E-state index is 4.40. The Morgan fingerprint density at radius 3 is 3.11 bits per heavy atom. The van der Waals surface area contributed by atoms with Gasteiger partial charge in [0.1, 0.15) is 12.2 Å². The van der Waals surface area contributed by atoms with Gasteiger partial charge in [0, 0.05) is 19.1 Å². The Balaban J connectivity index is 1.59. The number of nitrogens with one attached hydrogen (secondary N) is 1. The minimum atomic E-state index is 0.756. The lowest BCUT2D eigenvalue weighted by atomic mass is 9.90. The average Bonchev–Trinajstić information content (AvgIpc) is 3.10. The van der Waals surface area contributed by atoms with Crippen molar-refractivity contribution in [3.63, 3.8) is 0 Å². The third kappa shape index (κ3) is 2.98. The molecule has 0 spiro atoms. The number of aromatic nitrogens is 3. The van der Waals surface area contributed by atoms with Crippen LogP contribution in [0.2, 0.25) is 0 Å². The number of likely N-dealkylation sites (tertiary alicyclic amines) is 1. The van der Waals surface area contributed by atoms with Gasteiger partial charge < -0.3 is 5.32 Å². The van der Waals surface area contributed by atoms with Crippen LogP contribution in [-0.4, -0.2) is 45.3 Å². The van der Waals surface area contributed by atoms with E-state index in [1.54, 1.807) is 6.33 Å². The minimum absolute atomic E-state index is 0.756. The van der Waals surface area contributed by atoms with E-state index >= 15 is 0 Å². The van der Waals surface area contributed by atoms with E-state index in [4.69, 9.17) is 0 Å². The molecule has 0 aromatic carbocycles. The highest BCUT2D eigenvalue weighted by atomic mass is 15.3. The van der Waals surface area contributed by atoms with Crippen LogP contribution < -0.4 is 5.32 Å². The van der Waals surface area contributed by atoms with Crippen LogP contribution in [0.25, 0.3) is 0 Å². The number of aryl methyl sites for hydroxylation is 1. The summed E-state index contributed by atoms with van der Waals surface area (Å²) < 4.78 is 2.01. The number of hydrogen-bond donors (Lipinski definition) is 1. The van der Waals surface area contributed by atoms with Crippen LogP contribution in [0.15, 0.2) is 6.33 Å². The van der Waals surface area contributed by atoms with E-state index < -0.39 is 0 Å². The third-order valence-electron chi connectivity index (χ3n) is 4.57.